The maximum absolute atomic E-state index is 11.9. The summed E-state index contributed by atoms with van der Waals surface area (Å²) in [5.74, 6) is 0.422. The van der Waals surface area contributed by atoms with E-state index in [2.05, 4.69) is 21.2 Å². The van der Waals surface area contributed by atoms with E-state index in [-0.39, 0.29) is 30.7 Å². The second-order valence-corrected chi connectivity index (χ2v) is 6.55. The molecule has 0 fully saturated rings. The summed E-state index contributed by atoms with van der Waals surface area (Å²) in [5, 5.41) is 11.4. The molecule has 0 saturated heterocycles. The molecule has 1 aromatic rings. The summed E-state index contributed by atoms with van der Waals surface area (Å²) < 4.78 is 0.950. The maximum Gasteiger partial charge on any atom is 0.243 e. The Hall–Kier alpha value is -1.05. The van der Waals surface area contributed by atoms with Crippen LogP contribution in [0.2, 0.25) is 0 Å². The van der Waals surface area contributed by atoms with Crippen molar-refractivity contribution in [2.75, 3.05) is 37.0 Å². The monoisotopic (exact) mass is 374 g/mol. The third-order valence-corrected chi connectivity index (χ3v) is 4.15. The van der Waals surface area contributed by atoms with Gasteiger partial charge in [-0.3, -0.25) is 9.59 Å². The number of hydrogen-bond donors (Lipinski definition) is 2. The second-order valence-electron chi connectivity index (χ2n) is 4.53. The fourth-order valence-electron chi connectivity index (χ4n) is 1.59. The number of hydrogen-bond acceptors (Lipinski definition) is 4. The van der Waals surface area contributed by atoms with Gasteiger partial charge >= 0.3 is 0 Å². The number of amides is 2. The summed E-state index contributed by atoms with van der Waals surface area (Å²) in [6, 6.07) is 5.58. The third kappa shape index (κ3) is 6.50. The van der Waals surface area contributed by atoms with E-state index in [0.717, 1.165) is 15.7 Å². The Morgan fingerprint density at radius 1 is 1.43 bits per heavy atom. The van der Waals surface area contributed by atoms with Crippen LogP contribution in [-0.4, -0.2) is 53.5 Å². The molecule has 2 N–H and O–H groups in total. The van der Waals surface area contributed by atoms with Gasteiger partial charge in [0.1, 0.15) is 0 Å². The first-order chi connectivity index (χ1) is 9.93. The average molecular weight is 375 g/mol. The lowest BCUT2D eigenvalue weighted by Crippen LogP contribution is -2.36. The number of carbonyl (C=O) groups excluding carboxylic acids is 2. The number of nitrogens with zero attached hydrogens (tertiary/aromatic N) is 1. The number of aliphatic hydroxyl groups is 1. The molecule has 0 atom stereocenters. The number of carbonyl (C=O) groups is 2. The summed E-state index contributed by atoms with van der Waals surface area (Å²) in [6.45, 7) is 1.96. The van der Waals surface area contributed by atoms with Crippen LogP contribution in [0.1, 0.15) is 5.56 Å². The smallest absolute Gasteiger partial charge is 0.243 e. The molecule has 0 aromatic heterocycles. The van der Waals surface area contributed by atoms with Crippen LogP contribution in [0.4, 0.5) is 5.69 Å². The van der Waals surface area contributed by atoms with Gasteiger partial charge in [0.25, 0.3) is 0 Å². The number of aliphatic hydroxyl groups excluding tert-OH is 1. The lowest BCUT2D eigenvalue weighted by atomic mass is 10.2. The van der Waals surface area contributed by atoms with Crippen molar-refractivity contribution in [2.45, 2.75) is 6.92 Å². The van der Waals surface area contributed by atoms with Crippen LogP contribution >= 0.6 is 27.7 Å². The zero-order valence-corrected chi connectivity index (χ0v) is 14.5. The highest BCUT2D eigenvalue weighted by Gasteiger charge is 2.13. The first-order valence-electron chi connectivity index (χ1n) is 6.42. The van der Waals surface area contributed by atoms with Crippen molar-refractivity contribution in [1.82, 2.24) is 4.90 Å². The van der Waals surface area contributed by atoms with Crippen LogP contribution in [0.25, 0.3) is 0 Å². The summed E-state index contributed by atoms with van der Waals surface area (Å²) in [4.78, 5) is 25.1. The molecule has 7 heteroatoms. The first kappa shape index (κ1) is 18.0. The molecule has 0 bridgehead atoms. The molecular weight excluding hydrogens is 356 g/mol. The van der Waals surface area contributed by atoms with Gasteiger partial charge in [0.05, 0.1) is 18.9 Å². The van der Waals surface area contributed by atoms with E-state index in [1.807, 2.05) is 25.1 Å². The van der Waals surface area contributed by atoms with Crippen molar-refractivity contribution >= 4 is 45.2 Å². The van der Waals surface area contributed by atoms with Crippen LogP contribution < -0.4 is 5.32 Å². The van der Waals surface area contributed by atoms with Gasteiger partial charge < -0.3 is 15.3 Å². The Kier molecular flexibility index (Phi) is 7.77. The maximum atomic E-state index is 11.9. The highest BCUT2D eigenvalue weighted by atomic mass is 79.9. The van der Waals surface area contributed by atoms with E-state index < -0.39 is 0 Å². The summed E-state index contributed by atoms with van der Waals surface area (Å²) in [6.07, 6.45) is 0. The zero-order valence-electron chi connectivity index (χ0n) is 12.1. The molecule has 2 amide bonds. The van der Waals surface area contributed by atoms with E-state index in [1.54, 1.807) is 7.05 Å². The van der Waals surface area contributed by atoms with Gasteiger partial charge in [-0.15, -0.1) is 11.8 Å². The van der Waals surface area contributed by atoms with Crippen molar-refractivity contribution in [3.05, 3.63) is 28.2 Å². The summed E-state index contributed by atoms with van der Waals surface area (Å²) in [5.41, 5.74) is 1.68. The Balaban J connectivity index is 2.47. The summed E-state index contributed by atoms with van der Waals surface area (Å²) >= 11 is 4.71. The molecule has 116 valence electrons. The molecule has 0 aliphatic rings. The van der Waals surface area contributed by atoms with Crippen LogP contribution in [0, 0.1) is 6.92 Å². The quantitative estimate of drug-likeness (QED) is 0.714. The fraction of sp³-hybridized carbons (Fsp3) is 0.429. The van der Waals surface area contributed by atoms with Crippen LogP contribution in [0.15, 0.2) is 22.7 Å². The highest BCUT2D eigenvalue weighted by molar-refractivity contribution is 9.10. The van der Waals surface area contributed by atoms with Gasteiger partial charge in [-0.05, 0) is 30.7 Å². The molecule has 1 aromatic carbocycles. The first-order valence-corrected chi connectivity index (χ1v) is 8.37. The highest BCUT2D eigenvalue weighted by Crippen LogP contribution is 2.19. The van der Waals surface area contributed by atoms with Crippen LogP contribution in [-0.2, 0) is 9.59 Å². The standard InChI is InChI=1S/C14H19BrN2O3S/c1-10-7-11(15)3-4-12(10)16-13(19)8-17(2)14(20)9-21-6-5-18/h3-4,7,18H,5-6,8-9H2,1-2H3,(H,16,19). The minimum Gasteiger partial charge on any atom is -0.396 e. The van der Waals surface area contributed by atoms with Gasteiger partial charge in [-0.25, -0.2) is 0 Å². The van der Waals surface area contributed by atoms with Gasteiger partial charge in [-0.2, -0.15) is 0 Å². The fourth-order valence-corrected chi connectivity index (χ4v) is 2.74. The molecule has 0 saturated carbocycles. The van der Waals surface area contributed by atoms with E-state index in [9.17, 15) is 9.59 Å². The van der Waals surface area contributed by atoms with Crippen molar-refractivity contribution in [1.29, 1.82) is 0 Å². The molecule has 0 spiro atoms. The Bertz CT molecular complexity index is 511. The molecular formula is C14H19BrN2O3S. The number of nitrogens with one attached hydrogen (secondary N) is 1. The van der Waals surface area contributed by atoms with Gasteiger partial charge in [0.15, 0.2) is 0 Å². The predicted octanol–water partition coefficient (Wildman–Crippen LogP) is 1.88. The molecule has 5 nitrogen and oxygen atoms in total. The lowest BCUT2D eigenvalue weighted by molar-refractivity contribution is -0.131. The number of thioether (sulfide) groups is 1. The van der Waals surface area contributed by atoms with E-state index in [1.165, 1.54) is 16.7 Å². The third-order valence-electron chi connectivity index (χ3n) is 2.73. The Morgan fingerprint density at radius 3 is 2.76 bits per heavy atom. The molecule has 0 radical (unpaired) electrons. The molecule has 0 aliphatic carbocycles. The van der Waals surface area contributed by atoms with Crippen molar-refractivity contribution in [2.24, 2.45) is 0 Å². The van der Waals surface area contributed by atoms with Crippen LogP contribution in [0.3, 0.4) is 0 Å². The van der Waals surface area contributed by atoms with Crippen molar-refractivity contribution in [3.63, 3.8) is 0 Å². The number of benzene rings is 1. The van der Waals surface area contributed by atoms with Gasteiger partial charge in [-0.1, -0.05) is 15.9 Å². The number of rotatable bonds is 7. The minimum absolute atomic E-state index is 0.00796. The van der Waals surface area contributed by atoms with Crippen molar-refractivity contribution < 1.29 is 14.7 Å². The van der Waals surface area contributed by atoms with Gasteiger partial charge in [0.2, 0.25) is 11.8 Å². The molecule has 0 aliphatic heterocycles. The topological polar surface area (TPSA) is 69.6 Å². The SMILES string of the molecule is Cc1cc(Br)ccc1NC(=O)CN(C)C(=O)CSCCO. The second kappa shape index (κ2) is 9.07. The molecule has 21 heavy (non-hydrogen) atoms. The number of halogens is 1. The largest absolute Gasteiger partial charge is 0.396 e. The average Bonchev–Trinajstić information content (AvgIpc) is 2.42. The number of anilines is 1. The zero-order chi connectivity index (χ0) is 15.8. The van der Waals surface area contributed by atoms with E-state index >= 15 is 0 Å². The predicted molar refractivity (Wildman–Crippen MR) is 89.6 cm³/mol. The van der Waals surface area contributed by atoms with Crippen molar-refractivity contribution in [3.8, 4) is 0 Å². The molecule has 0 heterocycles. The van der Waals surface area contributed by atoms with E-state index in [0.29, 0.717) is 5.75 Å². The Labute approximate surface area is 137 Å². The lowest BCUT2D eigenvalue weighted by Gasteiger charge is -2.17. The molecule has 0 unspecified atom stereocenters. The Morgan fingerprint density at radius 2 is 2.14 bits per heavy atom. The minimum atomic E-state index is -0.233. The number of likely N-dealkylation sites (N-methyl/N-ethyl adjacent to an activating group) is 1. The number of aryl methyl sites for hydroxylation is 1. The van der Waals surface area contributed by atoms with Crippen LogP contribution in [0.5, 0.6) is 0 Å². The molecule has 1 rings (SSSR count). The van der Waals surface area contributed by atoms with E-state index in [4.69, 9.17) is 5.11 Å². The normalized spacial score (nSPS) is 10.3. The van der Waals surface area contributed by atoms with Gasteiger partial charge in [0, 0.05) is 23.0 Å². The summed E-state index contributed by atoms with van der Waals surface area (Å²) in [7, 11) is 1.59.